The Kier molecular flexibility index (Phi) is 3.42. The second-order valence-electron chi connectivity index (χ2n) is 8.83. The van der Waals surface area contributed by atoms with Crippen molar-refractivity contribution in [3.8, 4) is 0 Å². The summed E-state index contributed by atoms with van der Waals surface area (Å²) in [5.41, 5.74) is 2.24. The Morgan fingerprint density at radius 3 is 2.72 bits per heavy atom. The van der Waals surface area contributed by atoms with Crippen LogP contribution in [0.3, 0.4) is 0 Å². The molecule has 6 atom stereocenters. The van der Waals surface area contributed by atoms with E-state index in [0.717, 1.165) is 37.5 Å². The van der Waals surface area contributed by atoms with Gasteiger partial charge < -0.3 is 14.9 Å². The summed E-state index contributed by atoms with van der Waals surface area (Å²) in [6.45, 7) is 6.03. The van der Waals surface area contributed by atoms with Gasteiger partial charge in [0.15, 0.2) is 5.79 Å². The third kappa shape index (κ3) is 2.02. The smallest absolute Gasteiger partial charge is 0.310 e. The Morgan fingerprint density at radius 1 is 1.36 bits per heavy atom. The lowest BCUT2D eigenvalue weighted by molar-refractivity contribution is -0.288. The molecule has 4 aliphatic rings. The summed E-state index contributed by atoms with van der Waals surface area (Å²) in [6, 6.07) is 0. The van der Waals surface area contributed by atoms with E-state index in [1.165, 1.54) is 5.57 Å². The van der Waals surface area contributed by atoms with Crippen LogP contribution in [0.25, 0.3) is 0 Å². The van der Waals surface area contributed by atoms with Gasteiger partial charge in [0.05, 0.1) is 12.0 Å². The van der Waals surface area contributed by atoms with Crippen LogP contribution in [0, 0.1) is 22.7 Å². The molecule has 1 saturated carbocycles. The molecule has 25 heavy (non-hydrogen) atoms. The third-order valence-electron chi connectivity index (χ3n) is 7.61. The number of hydrogen-bond donors (Lipinski definition) is 2. The number of aliphatic hydroxyl groups is 1. The maximum absolute atomic E-state index is 11.6. The van der Waals surface area contributed by atoms with Crippen LogP contribution in [0.15, 0.2) is 22.8 Å². The number of carbonyl (C=O) groups excluding carboxylic acids is 1. The van der Waals surface area contributed by atoms with E-state index in [0.29, 0.717) is 12.0 Å². The number of aliphatic carboxylic acids is 1. The molecule has 2 fully saturated rings. The van der Waals surface area contributed by atoms with Gasteiger partial charge in [-0.05, 0) is 56.4 Å². The summed E-state index contributed by atoms with van der Waals surface area (Å²) in [7, 11) is 0. The zero-order valence-electron chi connectivity index (χ0n) is 15.0. The first-order valence-electron chi connectivity index (χ1n) is 9.19. The normalized spacial score (nSPS) is 46.3. The number of aldehydes is 1. The SMILES string of the molecule is CC(C(=O)O)C1=C2[C@H]3C[C@H]4O[C@](O)(C=C4C=O)[C@]3(C)CC[C@@]2(C)CC1. The molecule has 0 amide bonds. The van der Waals surface area contributed by atoms with E-state index in [1.807, 2.05) is 6.92 Å². The number of rotatable bonds is 3. The van der Waals surface area contributed by atoms with E-state index in [2.05, 4.69) is 6.92 Å². The molecule has 2 aliphatic heterocycles. The number of hydrogen-bond acceptors (Lipinski definition) is 4. The molecule has 0 spiro atoms. The van der Waals surface area contributed by atoms with Crippen LogP contribution in [-0.2, 0) is 14.3 Å². The van der Waals surface area contributed by atoms with Gasteiger partial charge in [-0.25, -0.2) is 0 Å². The lowest BCUT2D eigenvalue weighted by Crippen LogP contribution is -2.58. The van der Waals surface area contributed by atoms with Crippen LogP contribution in [0.1, 0.15) is 52.9 Å². The van der Waals surface area contributed by atoms with Crippen molar-refractivity contribution in [1.82, 2.24) is 0 Å². The minimum atomic E-state index is -1.44. The molecule has 5 heteroatoms. The summed E-state index contributed by atoms with van der Waals surface area (Å²) in [4.78, 5) is 23.0. The van der Waals surface area contributed by atoms with Crippen molar-refractivity contribution >= 4 is 12.3 Å². The van der Waals surface area contributed by atoms with Gasteiger partial charge in [0.25, 0.3) is 0 Å². The Balaban J connectivity index is 1.86. The number of carboxylic acids is 1. The number of ether oxygens (including phenoxy) is 1. The van der Waals surface area contributed by atoms with Crippen LogP contribution in [-0.4, -0.2) is 34.4 Å². The van der Waals surface area contributed by atoms with Gasteiger partial charge in [0, 0.05) is 11.0 Å². The lowest BCUT2D eigenvalue weighted by Gasteiger charge is -2.57. The predicted octanol–water partition coefficient (Wildman–Crippen LogP) is 2.84. The summed E-state index contributed by atoms with van der Waals surface area (Å²) in [5.74, 6) is -2.69. The molecule has 2 N–H and O–H groups in total. The molecule has 4 rings (SSSR count). The van der Waals surface area contributed by atoms with Crippen molar-refractivity contribution in [3.05, 3.63) is 22.8 Å². The Labute approximate surface area is 147 Å². The Morgan fingerprint density at radius 2 is 2.08 bits per heavy atom. The summed E-state index contributed by atoms with van der Waals surface area (Å²) >= 11 is 0. The average molecular weight is 346 g/mol. The minimum absolute atomic E-state index is 0.00228. The molecule has 0 aromatic rings. The van der Waals surface area contributed by atoms with Gasteiger partial charge in [0.1, 0.15) is 6.29 Å². The van der Waals surface area contributed by atoms with E-state index >= 15 is 0 Å². The van der Waals surface area contributed by atoms with E-state index in [9.17, 15) is 19.8 Å². The monoisotopic (exact) mass is 346 g/mol. The molecule has 0 aromatic heterocycles. The highest BCUT2D eigenvalue weighted by atomic mass is 16.6. The van der Waals surface area contributed by atoms with E-state index < -0.39 is 29.2 Å². The zero-order chi connectivity index (χ0) is 18.2. The highest BCUT2D eigenvalue weighted by Gasteiger charge is 2.65. The van der Waals surface area contributed by atoms with Crippen LogP contribution in [0.5, 0.6) is 0 Å². The Bertz CT molecular complexity index is 722. The van der Waals surface area contributed by atoms with Crippen molar-refractivity contribution in [2.45, 2.75) is 64.8 Å². The molecule has 0 radical (unpaired) electrons. The van der Waals surface area contributed by atoms with Crippen LogP contribution in [0.4, 0.5) is 0 Å². The van der Waals surface area contributed by atoms with Crippen LogP contribution in [0.2, 0.25) is 0 Å². The fraction of sp³-hybridized carbons (Fsp3) is 0.700. The maximum atomic E-state index is 11.6. The zero-order valence-corrected chi connectivity index (χ0v) is 15.0. The summed E-state index contributed by atoms with van der Waals surface area (Å²) in [5, 5.41) is 20.8. The second-order valence-corrected chi connectivity index (χ2v) is 8.83. The molecular weight excluding hydrogens is 320 g/mol. The largest absolute Gasteiger partial charge is 0.481 e. The fourth-order valence-corrected chi connectivity index (χ4v) is 5.85. The van der Waals surface area contributed by atoms with Crippen molar-refractivity contribution in [2.75, 3.05) is 0 Å². The fourth-order valence-electron chi connectivity index (χ4n) is 5.85. The quantitative estimate of drug-likeness (QED) is 0.606. The van der Waals surface area contributed by atoms with Gasteiger partial charge >= 0.3 is 5.97 Å². The molecule has 1 unspecified atom stereocenters. The van der Waals surface area contributed by atoms with Gasteiger partial charge in [0.2, 0.25) is 0 Å². The van der Waals surface area contributed by atoms with Crippen molar-refractivity contribution < 1.29 is 24.5 Å². The van der Waals surface area contributed by atoms with Crippen molar-refractivity contribution in [1.29, 1.82) is 0 Å². The van der Waals surface area contributed by atoms with Crippen LogP contribution >= 0.6 is 0 Å². The Hall–Kier alpha value is -1.46. The van der Waals surface area contributed by atoms with Gasteiger partial charge in [-0.1, -0.05) is 25.0 Å². The first-order valence-corrected chi connectivity index (χ1v) is 9.19. The molecule has 2 aliphatic carbocycles. The maximum Gasteiger partial charge on any atom is 0.310 e. The van der Waals surface area contributed by atoms with Crippen LogP contribution < -0.4 is 0 Å². The summed E-state index contributed by atoms with van der Waals surface area (Å²) < 4.78 is 5.88. The molecule has 2 bridgehead atoms. The highest BCUT2D eigenvalue weighted by molar-refractivity contribution is 5.77. The summed E-state index contributed by atoms with van der Waals surface area (Å²) in [6.07, 6.45) is 6.13. The van der Waals surface area contributed by atoms with E-state index in [1.54, 1.807) is 13.0 Å². The average Bonchev–Trinajstić information content (AvgIpc) is 3.05. The van der Waals surface area contributed by atoms with Gasteiger partial charge in [-0.15, -0.1) is 0 Å². The standard InChI is InChI=1S/C20H26O5/c1-11(17(22)23)13-4-5-18(2)6-7-19(3)14(16(13)18)8-15-12(10-21)9-20(19,24)25-15/h9-11,14-15,24H,4-8H2,1-3H3,(H,22,23)/t11?,14-,15-,18-,19-,20-/m1/s1. The molecule has 0 aromatic carbocycles. The van der Waals surface area contributed by atoms with Gasteiger partial charge in [-0.2, -0.15) is 0 Å². The predicted molar refractivity (Wildman–Crippen MR) is 90.6 cm³/mol. The third-order valence-corrected chi connectivity index (χ3v) is 7.61. The first kappa shape index (κ1) is 17.0. The lowest BCUT2D eigenvalue weighted by atomic mass is 9.52. The molecule has 1 saturated heterocycles. The highest BCUT2D eigenvalue weighted by Crippen LogP contribution is 2.67. The molecule has 2 heterocycles. The number of fused-ring (bicyclic) bond motifs is 6. The number of carboxylic acid groups (broad SMARTS) is 1. The topological polar surface area (TPSA) is 83.8 Å². The number of carbonyl (C=O) groups is 2. The van der Waals surface area contributed by atoms with E-state index in [4.69, 9.17) is 4.74 Å². The minimum Gasteiger partial charge on any atom is -0.481 e. The van der Waals surface area contributed by atoms with E-state index in [-0.39, 0.29) is 11.3 Å². The van der Waals surface area contributed by atoms with Gasteiger partial charge in [-0.3, -0.25) is 9.59 Å². The molecule has 5 nitrogen and oxygen atoms in total. The van der Waals surface area contributed by atoms with Crippen molar-refractivity contribution in [3.63, 3.8) is 0 Å². The number of allylic oxidation sites excluding steroid dienone is 1. The van der Waals surface area contributed by atoms with Crippen molar-refractivity contribution in [2.24, 2.45) is 22.7 Å². The molecular formula is C20H26O5. The second kappa shape index (κ2) is 5.04. The first-order chi connectivity index (χ1) is 11.7. The molecule has 136 valence electrons.